The number of nitrogens with zero attached hydrogens (tertiary/aromatic N) is 1. The van der Waals surface area contributed by atoms with E-state index in [0.717, 1.165) is 16.0 Å². The zero-order valence-corrected chi connectivity index (χ0v) is 17.8. The van der Waals surface area contributed by atoms with Crippen LogP contribution in [0, 0.1) is 6.92 Å². The van der Waals surface area contributed by atoms with Gasteiger partial charge in [-0.25, -0.2) is 4.79 Å². The second-order valence-corrected chi connectivity index (χ2v) is 7.17. The summed E-state index contributed by atoms with van der Waals surface area (Å²) in [7, 11) is 1.57. The third kappa shape index (κ3) is 5.04. The van der Waals surface area contributed by atoms with Crippen LogP contribution in [0.15, 0.2) is 67.4 Å². The fourth-order valence-corrected chi connectivity index (χ4v) is 3.26. The minimum absolute atomic E-state index is 0.152. The van der Waals surface area contributed by atoms with Crippen LogP contribution in [0.1, 0.15) is 22.3 Å². The molecule has 31 heavy (non-hydrogen) atoms. The highest BCUT2D eigenvalue weighted by molar-refractivity contribution is 6.14. The summed E-state index contributed by atoms with van der Waals surface area (Å²) in [5.41, 5.74) is 4.01. The zero-order valence-electron chi connectivity index (χ0n) is 17.8. The third-order valence-electron chi connectivity index (χ3n) is 4.83. The molecule has 2 aromatic rings. The van der Waals surface area contributed by atoms with E-state index in [0.29, 0.717) is 30.1 Å². The van der Waals surface area contributed by atoms with Crippen LogP contribution in [0.5, 0.6) is 11.5 Å². The number of hydrogen-bond acceptors (Lipinski definition) is 4. The molecule has 6 heteroatoms. The molecule has 2 aromatic carbocycles. The van der Waals surface area contributed by atoms with Crippen molar-refractivity contribution in [3.8, 4) is 11.5 Å². The number of rotatable bonds is 9. The summed E-state index contributed by atoms with van der Waals surface area (Å²) in [6.07, 6.45) is 5.46. The second-order valence-electron chi connectivity index (χ2n) is 7.17. The summed E-state index contributed by atoms with van der Waals surface area (Å²) in [5.74, 6) is 0.770. The van der Waals surface area contributed by atoms with E-state index in [9.17, 15) is 9.59 Å². The van der Waals surface area contributed by atoms with Crippen LogP contribution in [0.4, 0.5) is 4.79 Å². The van der Waals surface area contributed by atoms with E-state index in [-0.39, 0.29) is 12.2 Å². The molecule has 6 nitrogen and oxygen atoms in total. The average Bonchev–Trinajstić information content (AvgIpc) is 3.01. The molecule has 1 aliphatic heterocycles. The van der Waals surface area contributed by atoms with Crippen molar-refractivity contribution < 1.29 is 19.1 Å². The molecule has 1 saturated heterocycles. The molecule has 1 N–H and O–H groups in total. The Bertz CT molecular complexity index is 1040. The smallest absolute Gasteiger partial charge is 0.329 e. The number of carbonyl (C=O) groups excluding carboxylic acids is 2. The quantitative estimate of drug-likeness (QED) is 0.373. The van der Waals surface area contributed by atoms with E-state index < -0.39 is 11.9 Å². The first kappa shape index (κ1) is 21.9. The molecule has 0 unspecified atom stereocenters. The molecular weight excluding hydrogens is 392 g/mol. The maximum atomic E-state index is 12.5. The first-order chi connectivity index (χ1) is 15.0. The van der Waals surface area contributed by atoms with Gasteiger partial charge in [0.25, 0.3) is 5.91 Å². The van der Waals surface area contributed by atoms with Crippen LogP contribution in [0.2, 0.25) is 0 Å². The van der Waals surface area contributed by atoms with Gasteiger partial charge in [0.2, 0.25) is 0 Å². The van der Waals surface area contributed by atoms with Crippen LogP contribution in [-0.4, -0.2) is 30.5 Å². The van der Waals surface area contributed by atoms with Crippen molar-refractivity contribution in [3.63, 3.8) is 0 Å². The Hall–Kier alpha value is -3.80. The summed E-state index contributed by atoms with van der Waals surface area (Å²) in [5, 5.41) is 2.60. The molecule has 0 saturated carbocycles. The number of imide groups is 1. The number of allylic oxidation sites excluding steroid dienone is 1. The minimum atomic E-state index is -0.465. The van der Waals surface area contributed by atoms with Gasteiger partial charge in [-0.1, -0.05) is 42.0 Å². The van der Waals surface area contributed by atoms with E-state index in [1.165, 1.54) is 11.6 Å². The standard InChI is InChI=1S/C25H26N2O4/c1-5-7-20-13-19(14-21-24(28)27(12-6-2)25(29)26-21)15-22(30-4)23(20)31-16-18-10-8-17(3)9-11-18/h5-6,8-11,13-15H,1-2,7,12,16H2,3-4H3,(H,26,29)/b21-14+. The van der Waals surface area contributed by atoms with E-state index in [4.69, 9.17) is 9.47 Å². The molecule has 0 spiro atoms. The lowest BCUT2D eigenvalue weighted by Crippen LogP contribution is -2.30. The van der Waals surface area contributed by atoms with Gasteiger partial charge in [-0.15, -0.1) is 13.2 Å². The molecule has 0 aliphatic carbocycles. The second kappa shape index (κ2) is 9.80. The first-order valence-corrected chi connectivity index (χ1v) is 9.92. The molecule has 0 aromatic heterocycles. The van der Waals surface area contributed by atoms with Gasteiger partial charge in [-0.2, -0.15) is 0 Å². The number of carbonyl (C=O) groups is 2. The molecule has 0 atom stereocenters. The highest BCUT2D eigenvalue weighted by atomic mass is 16.5. The molecule has 0 bridgehead atoms. The highest BCUT2D eigenvalue weighted by Crippen LogP contribution is 2.35. The van der Waals surface area contributed by atoms with E-state index in [1.807, 2.05) is 37.3 Å². The minimum Gasteiger partial charge on any atom is -0.493 e. The number of ether oxygens (including phenoxy) is 2. The Labute approximate surface area is 182 Å². The maximum Gasteiger partial charge on any atom is 0.329 e. The van der Waals surface area contributed by atoms with Crippen molar-refractivity contribution in [2.24, 2.45) is 0 Å². The maximum absolute atomic E-state index is 12.5. The number of hydrogen-bond donors (Lipinski definition) is 1. The predicted molar refractivity (Wildman–Crippen MR) is 121 cm³/mol. The zero-order chi connectivity index (χ0) is 22.4. The van der Waals surface area contributed by atoms with Gasteiger partial charge < -0.3 is 14.8 Å². The molecule has 1 fully saturated rings. The predicted octanol–water partition coefficient (Wildman–Crippen LogP) is 4.39. The summed E-state index contributed by atoms with van der Waals surface area (Å²) < 4.78 is 11.7. The molecule has 160 valence electrons. The molecular formula is C25H26N2O4. The fraction of sp³-hybridized carbons (Fsp3) is 0.200. The lowest BCUT2D eigenvalue weighted by molar-refractivity contribution is -0.122. The van der Waals surface area contributed by atoms with E-state index >= 15 is 0 Å². The first-order valence-electron chi connectivity index (χ1n) is 9.92. The SMILES string of the molecule is C=CCc1cc(/C=C2/NC(=O)N(CC=C)C2=O)cc(OC)c1OCc1ccc(C)cc1. The summed E-state index contributed by atoms with van der Waals surface area (Å²) in [6, 6.07) is 11.3. The Morgan fingerprint density at radius 2 is 1.84 bits per heavy atom. The van der Waals surface area contributed by atoms with Crippen LogP contribution >= 0.6 is 0 Å². The van der Waals surface area contributed by atoms with Gasteiger partial charge >= 0.3 is 6.03 Å². The normalized spacial score (nSPS) is 14.5. The highest BCUT2D eigenvalue weighted by Gasteiger charge is 2.32. The van der Waals surface area contributed by atoms with Crippen LogP contribution in [0.25, 0.3) is 6.08 Å². The number of nitrogens with one attached hydrogen (secondary N) is 1. The summed E-state index contributed by atoms with van der Waals surface area (Å²) in [4.78, 5) is 25.6. The van der Waals surface area contributed by atoms with Crippen LogP contribution in [0.3, 0.4) is 0 Å². The van der Waals surface area contributed by atoms with Gasteiger partial charge in [-0.05, 0) is 42.7 Å². The van der Waals surface area contributed by atoms with Crippen LogP contribution < -0.4 is 14.8 Å². The number of benzene rings is 2. The summed E-state index contributed by atoms with van der Waals surface area (Å²) >= 11 is 0. The Morgan fingerprint density at radius 3 is 2.48 bits per heavy atom. The van der Waals surface area contributed by atoms with Crippen molar-refractivity contribution in [1.82, 2.24) is 10.2 Å². The molecule has 1 aliphatic rings. The lowest BCUT2D eigenvalue weighted by Gasteiger charge is -2.16. The summed E-state index contributed by atoms with van der Waals surface area (Å²) in [6.45, 7) is 9.99. The fourth-order valence-electron chi connectivity index (χ4n) is 3.26. The largest absolute Gasteiger partial charge is 0.493 e. The van der Waals surface area contributed by atoms with E-state index in [2.05, 4.69) is 18.5 Å². The Balaban J connectivity index is 1.91. The van der Waals surface area contributed by atoms with E-state index in [1.54, 1.807) is 25.3 Å². The third-order valence-corrected chi connectivity index (χ3v) is 4.83. The van der Waals surface area contributed by atoms with Gasteiger partial charge in [0.1, 0.15) is 12.3 Å². The number of methoxy groups -OCH3 is 1. The molecule has 0 radical (unpaired) electrons. The monoisotopic (exact) mass is 418 g/mol. The van der Waals surface area contributed by atoms with Gasteiger partial charge in [0.05, 0.1) is 7.11 Å². The Kier molecular flexibility index (Phi) is 6.92. The topological polar surface area (TPSA) is 67.9 Å². The number of amides is 3. The van der Waals surface area contributed by atoms with Gasteiger partial charge in [0, 0.05) is 12.1 Å². The molecule has 3 amide bonds. The van der Waals surface area contributed by atoms with Crippen molar-refractivity contribution in [2.75, 3.05) is 13.7 Å². The lowest BCUT2D eigenvalue weighted by atomic mass is 10.0. The van der Waals surface area contributed by atoms with Crippen molar-refractivity contribution >= 4 is 18.0 Å². The van der Waals surface area contributed by atoms with Crippen LogP contribution in [-0.2, 0) is 17.8 Å². The number of aryl methyl sites for hydroxylation is 1. The van der Waals surface area contributed by atoms with Gasteiger partial charge in [-0.3, -0.25) is 9.69 Å². The molecule has 1 heterocycles. The van der Waals surface area contributed by atoms with Crippen molar-refractivity contribution in [1.29, 1.82) is 0 Å². The molecule has 3 rings (SSSR count). The van der Waals surface area contributed by atoms with Crippen molar-refractivity contribution in [2.45, 2.75) is 20.0 Å². The van der Waals surface area contributed by atoms with Gasteiger partial charge in [0.15, 0.2) is 11.5 Å². The van der Waals surface area contributed by atoms with Crippen molar-refractivity contribution in [3.05, 3.63) is 89.7 Å². The number of urea groups is 1. The average molecular weight is 418 g/mol. The Morgan fingerprint density at radius 1 is 1.10 bits per heavy atom.